The van der Waals surface area contributed by atoms with Crippen molar-refractivity contribution in [3.05, 3.63) is 77.6 Å². The molecule has 0 aliphatic heterocycles. The van der Waals surface area contributed by atoms with Crippen LogP contribution in [-0.2, 0) is 11.3 Å². The van der Waals surface area contributed by atoms with E-state index in [0.29, 0.717) is 28.3 Å². The van der Waals surface area contributed by atoms with Gasteiger partial charge in [0.25, 0.3) is 0 Å². The molecule has 1 atom stereocenters. The minimum atomic E-state index is -1.03. The number of allylic oxidation sites excluding steroid dienone is 1. The molecule has 1 heterocycles. The van der Waals surface area contributed by atoms with Crippen molar-refractivity contribution in [2.75, 3.05) is 11.1 Å². The molecule has 10 heteroatoms. The average molecular weight is 465 g/mol. The Balaban J connectivity index is 1.68. The molecule has 1 amide bonds. The highest BCUT2D eigenvalue weighted by atomic mass is 35.5. The van der Waals surface area contributed by atoms with Crippen LogP contribution in [0, 0.1) is 11.6 Å². The molecule has 162 valence electrons. The van der Waals surface area contributed by atoms with Crippen LogP contribution in [0.15, 0.2) is 60.3 Å². The lowest BCUT2D eigenvalue weighted by Crippen LogP contribution is -2.15. The molecule has 0 saturated heterocycles. The Morgan fingerprint density at radius 1 is 1.29 bits per heavy atom. The predicted molar refractivity (Wildman–Crippen MR) is 116 cm³/mol. The Morgan fingerprint density at radius 3 is 2.77 bits per heavy atom. The summed E-state index contributed by atoms with van der Waals surface area (Å²) in [4.78, 5) is 12.2. The lowest BCUT2D eigenvalue weighted by Gasteiger charge is -2.16. The lowest BCUT2D eigenvalue weighted by atomic mass is 10.3. The molecule has 1 N–H and O–H groups in total. The molecule has 0 aliphatic carbocycles. The SMILES string of the molecule is C=CCn1c(SCC(=O)Nc2ccc(F)c(F)c2)nnc1C(C)Oc1ccccc1Cl. The molecule has 1 unspecified atom stereocenters. The third-order valence-corrected chi connectivity index (χ3v) is 5.38. The van der Waals surface area contributed by atoms with E-state index in [9.17, 15) is 13.6 Å². The number of rotatable bonds is 9. The number of hydrogen-bond acceptors (Lipinski definition) is 5. The third-order valence-electron chi connectivity index (χ3n) is 4.10. The number of nitrogens with one attached hydrogen (secondary N) is 1. The highest BCUT2D eigenvalue weighted by molar-refractivity contribution is 7.99. The Kier molecular flexibility index (Phi) is 7.64. The van der Waals surface area contributed by atoms with Crippen molar-refractivity contribution in [1.82, 2.24) is 14.8 Å². The second-order valence-electron chi connectivity index (χ2n) is 6.40. The number of ether oxygens (including phenoxy) is 1. The van der Waals surface area contributed by atoms with Gasteiger partial charge in [0.2, 0.25) is 5.91 Å². The number of amides is 1. The Labute approximate surface area is 187 Å². The van der Waals surface area contributed by atoms with Gasteiger partial charge in [-0.3, -0.25) is 9.36 Å². The van der Waals surface area contributed by atoms with Crippen molar-refractivity contribution in [2.24, 2.45) is 0 Å². The minimum absolute atomic E-state index is 0.00593. The van der Waals surface area contributed by atoms with E-state index in [4.69, 9.17) is 16.3 Å². The van der Waals surface area contributed by atoms with Crippen molar-refractivity contribution in [1.29, 1.82) is 0 Å². The first-order valence-corrected chi connectivity index (χ1v) is 10.6. The monoisotopic (exact) mass is 464 g/mol. The predicted octanol–water partition coefficient (Wildman–Crippen LogP) is 5.27. The Bertz CT molecular complexity index is 1090. The minimum Gasteiger partial charge on any atom is -0.481 e. The van der Waals surface area contributed by atoms with E-state index in [0.717, 1.165) is 23.9 Å². The van der Waals surface area contributed by atoms with Gasteiger partial charge in [-0.15, -0.1) is 16.8 Å². The van der Waals surface area contributed by atoms with Gasteiger partial charge in [0, 0.05) is 18.3 Å². The molecule has 0 saturated carbocycles. The molecular weight excluding hydrogens is 446 g/mol. The van der Waals surface area contributed by atoms with Crippen LogP contribution < -0.4 is 10.1 Å². The van der Waals surface area contributed by atoms with E-state index in [2.05, 4.69) is 22.1 Å². The second kappa shape index (κ2) is 10.4. The fourth-order valence-electron chi connectivity index (χ4n) is 2.69. The standard InChI is InChI=1S/C21H19ClF2N4O2S/c1-3-10-28-20(13(2)30-18-7-5-4-6-15(18)22)26-27-21(28)31-12-19(29)25-14-8-9-16(23)17(24)11-14/h3-9,11,13H,1,10,12H2,2H3,(H,25,29). The molecule has 3 rings (SSSR count). The molecule has 3 aromatic rings. The number of halogens is 3. The van der Waals surface area contributed by atoms with Crippen molar-refractivity contribution in [3.8, 4) is 5.75 Å². The van der Waals surface area contributed by atoms with E-state index in [-0.39, 0.29) is 11.4 Å². The number of thioether (sulfide) groups is 1. The summed E-state index contributed by atoms with van der Waals surface area (Å²) in [6.07, 6.45) is 1.22. The van der Waals surface area contributed by atoms with Crippen molar-refractivity contribution < 1.29 is 18.3 Å². The zero-order chi connectivity index (χ0) is 22.4. The Hall–Kier alpha value is -2.91. The van der Waals surface area contributed by atoms with E-state index in [1.807, 2.05) is 13.0 Å². The Morgan fingerprint density at radius 2 is 2.06 bits per heavy atom. The summed E-state index contributed by atoms with van der Waals surface area (Å²) in [6, 6.07) is 10.3. The van der Waals surface area contributed by atoms with Gasteiger partial charge in [0.1, 0.15) is 5.75 Å². The van der Waals surface area contributed by atoms with E-state index < -0.39 is 23.6 Å². The van der Waals surface area contributed by atoms with Crippen LogP contribution in [-0.4, -0.2) is 26.4 Å². The molecule has 0 fully saturated rings. The largest absolute Gasteiger partial charge is 0.481 e. The summed E-state index contributed by atoms with van der Waals surface area (Å²) < 4.78 is 34.0. The van der Waals surface area contributed by atoms with Crippen LogP contribution in [0.4, 0.5) is 14.5 Å². The number of anilines is 1. The second-order valence-corrected chi connectivity index (χ2v) is 7.75. The van der Waals surface area contributed by atoms with Crippen LogP contribution in [0.3, 0.4) is 0 Å². The van der Waals surface area contributed by atoms with Gasteiger partial charge in [0.05, 0.1) is 10.8 Å². The third kappa shape index (κ3) is 5.83. The van der Waals surface area contributed by atoms with E-state index >= 15 is 0 Å². The molecule has 31 heavy (non-hydrogen) atoms. The summed E-state index contributed by atoms with van der Waals surface area (Å²) in [7, 11) is 0. The molecule has 0 radical (unpaired) electrons. The van der Waals surface area contributed by atoms with Gasteiger partial charge in [-0.2, -0.15) is 0 Å². The number of aromatic nitrogens is 3. The van der Waals surface area contributed by atoms with E-state index in [1.165, 1.54) is 6.07 Å². The van der Waals surface area contributed by atoms with E-state index in [1.54, 1.807) is 28.8 Å². The maximum Gasteiger partial charge on any atom is 0.234 e. The number of hydrogen-bond donors (Lipinski definition) is 1. The smallest absolute Gasteiger partial charge is 0.234 e. The summed E-state index contributed by atoms with van der Waals surface area (Å²) in [5.74, 6) is -1.35. The summed E-state index contributed by atoms with van der Waals surface area (Å²) in [5, 5.41) is 11.8. The summed E-state index contributed by atoms with van der Waals surface area (Å²) in [6.45, 7) is 5.97. The first-order chi connectivity index (χ1) is 14.9. The maximum absolute atomic E-state index is 13.3. The maximum atomic E-state index is 13.3. The number of nitrogens with zero attached hydrogens (tertiary/aromatic N) is 3. The average Bonchev–Trinajstić information content (AvgIpc) is 3.14. The van der Waals surface area contributed by atoms with Gasteiger partial charge in [0.15, 0.2) is 28.7 Å². The van der Waals surface area contributed by atoms with Crippen LogP contribution in [0.25, 0.3) is 0 Å². The highest BCUT2D eigenvalue weighted by Crippen LogP contribution is 2.29. The van der Waals surface area contributed by atoms with Gasteiger partial charge in [-0.05, 0) is 31.2 Å². The molecular formula is C21H19ClF2N4O2S. The molecule has 6 nitrogen and oxygen atoms in total. The van der Waals surface area contributed by atoms with Crippen LogP contribution >= 0.6 is 23.4 Å². The topological polar surface area (TPSA) is 69.0 Å². The summed E-state index contributed by atoms with van der Waals surface area (Å²) in [5.41, 5.74) is 0.166. The van der Waals surface area contributed by atoms with Gasteiger partial charge < -0.3 is 10.1 Å². The van der Waals surface area contributed by atoms with Gasteiger partial charge >= 0.3 is 0 Å². The van der Waals surface area contributed by atoms with Gasteiger partial charge in [-0.25, -0.2) is 8.78 Å². The lowest BCUT2D eigenvalue weighted by molar-refractivity contribution is -0.113. The quantitative estimate of drug-likeness (QED) is 0.345. The van der Waals surface area contributed by atoms with Crippen molar-refractivity contribution in [3.63, 3.8) is 0 Å². The normalized spacial score (nSPS) is 11.7. The molecule has 0 spiro atoms. The first kappa shape index (κ1) is 22.8. The molecule has 1 aromatic heterocycles. The van der Waals surface area contributed by atoms with Crippen molar-refractivity contribution >= 4 is 35.0 Å². The van der Waals surface area contributed by atoms with Crippen LogP contribution in [0.1, 0.15) is 18.9 Å². The number of carbonyl (C=O) groups is 1. The fraction of sp³-hybridized carbons (Fsp3) is 0.190. The number of carbonyl (C=O) groups excluding carboxylic acids is 1. The van der Waals surface area contributed by atoms with Crippen LogP contribution in [0.2, 0.25) is 5.02 Å². The van der Waals surface area contributed by atoms with Crippen LogP contribution in [0.5, 0.6) is 5.75 Å². The fourth-order valence-corrected chi connectivity index (χ4v) is 3.63. The van der Waals surface area contributed by atoms with Crippen molar-refractivity contribution in [2.45, 2.75) is 24.7 Å². The first-order valence-electron chi connectivity index (χ1n) is 9.22. The zero-order valence-corrected chi connectivity index (χ0v) is 18.1. The summed E-state index contributed by atoms with van der Waals surface area (Å²) >= 11 is 7.30. The molecule has 0 aliphatic rings. The highest BCUT2D eigenvalue weighted by Gasteiger charge is 2.20. The molecule has 0 bridgehead atoms. The number of benzene rings is 2. The molecule has 2 aromatic carbocycles. The zero-order valence-electron chi connectivity index (χ0n) is 16.5. The number of para-hydroxylation sites is 1. The van der Waals surface area contributed by atoms with Gasteiger partial charge in [-0.1, -0.05) is 41.6 Å².